The van der Waals surface area contributed by atoms with Crippen molar-refractivity contribution in [2.75, 3.05) is 31.3 Å². The molecular weight excluding hydrogens is 276 g/mol. The number of carbonyl (C=O) groups excluding carboxylic acids is 1. The Labute approximate surface area is 124 Å². The topological polar surface area (TPSA) is 89.3 Å². The molecule has 1 amide bonds. The van der Waals surface area contributed by atoms with Gasteiger partial charge >= 0.3 is 0 Å². The number of hydrogen-bond donors (Lipinski definition) is 3. The minimum Gasteiger partial charge on any atom is -0.383 e. The summed E-state index contributed by atoms with van der Waals surface area (Å²) in [5.41, 5.74) is 5.81. The van der Waals surface area contributed by atoms with Crippen LogP contribution >= 0.6 is 11.3 Å². The Hall–Kier alpha value is -1.34. The molecule has 0 saturated heterocycles. The molecule has 1 aromatic rings. The van der Waals surface area contributed by atoms with Gasteiger partial charge in [-0.15, -0.1) is 0 Å². The molecule has 1 rings (SSSR count). The second kappa shape index (κ2) is 8.06. The van der Waals surface area contributed by atoms with Gasteiger partial charge in [-0.25, -0.2) is 4.98 Å². The van der Waals surface area contributed by atoms with Gasteiger partial charge in [-0.2, -0.15) is 0 Å². The zero-order valence-corrected chi connectivity index (χ0v) is 13.3. The molecule has 0 aliphatic heterocycles. The average Bonchev–Trinajstić information content (AvgIpc) is 2.77. The van der Waals surface area contributed by atoms with Crippen LogP contribution in [0.1, 0.15) is 36.9 Å². The highest BCUT2D eigenvalue weighted by Crippen LogP contribution is 2.25. The summed E-state index contributed by atoms with van der Waals surface area (Å²) in [5, 5.41) is 6.76. The molecule has 7 heteroatoms. The third-order valence-corrected chi connectivity index (χ3v) is 3.74. The highest BCUT2D eigenvalue weighted by Gasteiger charge is 2.19. The van der Waals surface area contributed by atoms with Gasteiger partial charge in [0.2, 0.25) is 0 Å². The summed E-state index contributed by atoms with van der Waals surface area (Å²) in [6.45, 7) is 7.49. The fourth-order valence-corrected chi connectivity index (χ4v) is 2.37. The summed E-state index contributed by atoms with van der Waals surface area (Å²) >= 11 is 1.28. The predicted molar refractivity (Wildman–Crippen MR) is 83.3 cm³/mol. The third kappa shape index (κ3) is 4.97. The third-order valence-electron chi connectivity index (χ3n) is 2.72. The molecule has 20 heavy (non-hydrogen) atoms. The number of nitrogens with two attached hydrogens (primary N) is 1. The fraction of sp³-hybridized carbons (Fsp3) is 0.692. The first kappa shape index (κ1) is 16.7. The van der Waals surface area contributed by atoms with Crippen LogP contribution in [0.25, 0.3) is 0 Å². The zero-order valence-electron chi connectivity index (χ0n) is 12.5. The first-order valence-electron chi connectivity index (χ1n) is 6.77. The molecule has 1 aromatic heterocycles. The van der Waals surface area contributed by atoms with Gasteiger partial charge in [-0.1, -0.05) is 32.1 Å². The van der Waals surface area contributed by atoms with E-state index in [-0.39, 0.29) is 17.8 Å². The van der Waals surface area contributed by atoms with Crippen LogP contribution in [0.4, 0.5) is 10.9 Å². The van der Waals surface area contributed by atoms with Gasteiger partial charge in [0.25, 0.3) is 5.91 Å². The summed E-state index contributed by atoms with van der Waals surface area (Å²) in [6.07, 6.45) is 0.802. The van der Waals surface area contributed by atoms with E-state index in [9.17, 15) is 4.79 Å². The maximum absolute atomic E-state index is 12.2. The maximum Gasteiger partial charge on any atom is 0.265 e. The molecule has 0 aliphatic rings. The number of carbonyl (C=O) groups is 1. The van der Waals surface area contributed by atoms with E-state index in [4.69, 9.17) is 10.5 Å². The van der Waals surface area contributed by atoms with Crippen molar-refractivity contribution in [1.82, 2.24) is 10.3 Å². The van der Waals surface area contributed by atoms with Crippen LogP contribution in [0, 0.1) is 5.92 Å². The second-order valence-corrected chi connectivity index (χ2v) is 6.04. The molecule has 0 bridgehead atoms. The molecule has 114 valence electrons. The Bertz CT molecular complexity index is 434. The number of hydrogen-bond acceptors (Lipinski definition) is 6. The molecular formula is C13H24N4O2S. The highest BCUT2D eigenvalue weighted by molar-refractivity contribution is 7.18. The van der Waals surface area contributed by atoms with Gasteiger partial charge in [-0.3, -0.25) is 4.79 Å². The summed E-state index contributed by atoms with van der Waals surface area (Å²) in [7, 11) is 1.61. The van der Waals surface area contributed by atoms with Gasteiger partial charge < -0.3 is 21.1 Å². The summed E-state index contributed by atoms with van der Waals surface area (Å²) in [5.74, 6) is 0.580. The van der Waals surface area contributed by atoms with E-state index >= 15 is 0 Å². The number of nitrogen functional groups attached to an aromatic ring is 1. The monoisotopic (exact) mass is 300 g/mol. The fourth-order valence-electron chi connectivity index (χ4n) is 1.58. The lowest BCUT2D eigenvalue weighted by Crippen LogP contribution is -2.37. The van der Waals surface area contributed by atoms with E-state index in [1.165, 1.54) is 11.3 Å². The number of anilines is 2. The smallest absolute Gasteiger partial charge is 0.265 e. The molecule has 1 unspecified atom stereocenters. The van der Waals surface area contributed by atoms with Crippen molar-refractivity contribution in [3.05, 3.63) is 4.88 Å². The Balaban J connectivity index is 2.68. The molecule has 0 fully saturated rings. The number of aromatic nitrogens is 1. The van der Waals surface area contributed by atoms with E-state index in [1.54, 1.807) is 7.11 Å². The van der Waals surface area contributed by atoms with E-state index in [0.29, 0.717) is 22.5 Å². The molecule has 1 atom stereocenters. The summed E-state index contributed by atoms with van der Waals surface area (Å²) in [4.78, 5) is 16.8. The van der Waals surface area contributed by atoms with Crippen molar-refractivity contribution >= 4 is 28.2 Å². The van der Waals surface area contributed by atoms with Gasteiger partial charge in [-0.05, 0) is 12.3 Å². The van der Waals surface area contributed by atoms with Crippen LogP contribution < -0.4 is 16.4 Å². The largest absolute Gasteiger partial charge is 0.383 e. The number of thiazole rings is 1. The Morgan fingerprint density at radius 1 is 1.50 bits per heavy atom. The van der Waals surface area contributed by atoms with Crippen LogP contribution in [0.15, 0.2) is 0 Å². The molecule has 0 radical (unpaired) electrons. The van der Waals surface area contributed by atoms with E-state index in [0.717, 1.165) is 13.0 Å². The van der Waals surface area contributed by atoms with Crippen LogP contribution in [0.2, 0.25) is 0 Å². The van der Waals surface area contributed by atoms with Gasteiger partial charge in [0.15, 0.2) is 5.13 Å². The van der Waals surface area contributed by atoms with Crippen molar-refractivity contribution in [3.8, 4) is 0 Å². The van der Waals surface area contributed by atoms with E-state index in [1.807, 2.05) is 6.92 Å². The number of nitrogens with zero attached hydrogens (tertiary/aromatic N) is 1. The molecule has 0 aliphatic carbocycles. The molecule has 0 saturated carbocycles. The number of amides is 1. The summed E-state index contributed by atoms with van der Waals surface area (Å²) < 4.78 is 5.06. The first-order chi connectivity index (χ1) is 9.47. The lowest BCUT2D eigenvalue weighted by atomic mass is 10.2. The lowest BCUT2D eigenvalue weighted by molar-refractivity contribution is 0.0899. The van der Waals surface area contributed by atoms with Gasteiger partial charge in [0.1, 0.15) is 10.7 Å². The minimum atomic E-state index is -0.193. The van der Waals surface area contributed by atoms with Crippen LogP contribution in [0.3, 0.4) is 0 Å². The van der Waals surface area contributed by atoms with Crippen molar-refractivity contribution < 1.29 is 9.53 Å². The second-order valence-electron chi connectivity index (χ2n) is 5.04. The SMILES string of the molecule is CCC(COC)NC(=O)c1sc(NCC(C)C)nc1N. The van der Waals surface area contributed by atoms with Crippen molar-refractivity contribution in [2.45, 2.75) is 33.2 Å². The molecule has 0 spiro atoms. The Morgan fingerprint density at radius 2 is 2.20 bits per heavy atom. The van der Waals surface area contributed by atoms with Crippen molar-refractivity contribution in [3.63, 3.8) is 0 Å². The number of methoxy groups -OCH3 is 1. The van der Waals surface area contributed by atoms with Gasteiger partial charge in [0.05, 0.1) is 12.6 Å². The van der Waals surface area contributed by atoms with Gasteiger partial charge in [0, 0.05) is 13.7 Å². The average molecular weight is 300 g/mol. The first-order valence-corrected chi connectivity index (χ1v) is 7.59. The standard InChI is InChI=1S/C13H24N4O2S/c1-5-9(7-19-4)16-12(18)10-11(14)17-13(20-10)15-6-8(2)3/h8-9H,5-7,14H2,1-4H3,(H,15,17)(H,16,18). The quantitative estimate of drug-likeness (QED) is 0.683. The van der Waals surface area contributed by atoms with E-state index < -0.39 is 0 Å². The van der Waals surface area contributed by atoms with Crippen LogP contribution in [0.5, 0.6) is 0 Å². The normalized spacial score (nSPS) is 12.4. The Kier molecular flexibility index (Phi) is 6.74. The van der Waals surface area contributed by atoms with Crippen molar-refractivity contribution in [2.24, 2.45) is 5.92 Å². The highest BCUT2D eigenvalue weighted by atomic mass is 32.1. The van der Waals surface area contributed by atoms with Crippen LogP contribution in [-0.2, 0) is 4.74 Å². The number of rotatable bonds is 8. The lowest BCUT2D eigenvalue weighted by Gasteiger charge is -2.15. The molecule has 6 nitrogen and oxygen atoms in total. The van der Waals surface area contributed by atoms with Crippen molar-refractivity contribution in [1.29, 1.82) is 0 Å². The molecule has 4 N–H and O–H groups in total. The molecule has 0 aromatic carbocycles. The molecule has 1 heterocycles. The Morgan fingerprint density at radius 3 is 2.75 bits per heavy atom. The number of nitrogens with one attached hydrogen (secondary N) is 2. The zero-order chi connectivity index (χ0) is 15.1. The predicted octanol–water partition coefficient (Wildman–Crippen LogP) is 1.95. The maximum atomic E-state index is 12.2. The summed E-state index contributed by atoms with van der Waals surface area (Å²) in [6, 6.07) is -0.0129. The number of ether oxygens (including phenoxy) is 1. The van der Waals surface area contributed by atoms with Crippen LogP contribution in [-0.4, -0.2) is 37.2 Å². The van der Waals surface area contributed by atoms with E-state index in [2.05, 4.69) is 29.5 Å². The minimum absolute atomic E-state index is 0.0129.